The van der Waals surface area contributed by atoms with Crippen molar-refractivity contribution in [3.8, 4) is 16.5 Å². The number of fused-ring (bicyclic) bond motifs is 1. The second-order valence-electron chi connectivity index (χ2n) is 8.13. The SMILES string of the molecule is COc1ccccc1CCn1c(=O)n(C(C)(C)C(N)=O)c(=O)c2c(C)c(-c3ncco3)sc21. The molecule has 3 aromatic heterocycles. The average Bonchev–Trinajstić information content (AvgIpc) is 3.41. The molecular weight excluding hydrogens is 444 g/mol. The molecule has 3 heterocycles. The van der Waals surface area contributed by atoms with E-state index in [1.165, 1.54) is 42.2 Å². The van der Waals surface area contributed by atoms with Gasteiger partial charge in [0.1, 0.15) is 22.4 Å². The summed E-state index contributed by atoms with van der Waals surface area (Å²) in [7, 11) is 1.59. The Balaban J connectivity index is 1.99. The van der Waals surface area contributed by atoms with Gasteiger partial charge in [0.15, 0.2) is 0 Å². The van der Waals surface area contributed by atoms with Crippen molar-refractivity contribution in [1.29, 1.82) is 0 Å². The van der Waals surface area contributed by atoms with Gasteiger partial charge in [0, 0.05) is 6.54 Å². The lowest BCUT2D eigenvalue weighted by Gasteiger charge is -2.24. The van der Waals surface area contributed by atoms with E-state index in [1.54, 1.807) is 14.0 Å². The largest absolute Gasteiger partial charge is 0.496 e. The highest BCUT2D eigenvalue weighted by Crippen LogP contribution is 2.35. The minimum atomic E-state index is -1.52. The Hall–Kier alpha value is -3.66. The third-order valence-corrected chi connectivity index (χ3v) is 7.10. The topological polar surface area (TPSA) is 122 Å². The van der Waals surface area contributed by atoms with Crippen LogP contribution in [-0.4, -0.2) is 27.1 Å². The summed E-state index contributed by atoms with van der Waals surface area (Å²) in [6, 6.07) is 7.53. The van der Waals surface area contributed by atoms with Crippen LogP contribution < -0.4 is 21.7 Å². The second-order valence-corrected chi connectivity index (χ2v) is 9.13. The van der Waals surface area contributed by atoms with Gasteiger partial charge in [-0.1, -0.05) is 18.2 Å². The summed E-state index contributed by atoms with van der Waals surface area (Å²) in [5.41, 5.74) is 4.41. The monoisotopic (exact) mass is 468 g/mol. The molecule has 4 rings (SSSR count). The number of hydrogen-bond acceptors (Lipinski definition) is 7. The van der Waals surface area contributed by atoms with Gasteiger partial charge in [-0.05, 0) is 44.4 Å². The van der Waals surface area contributed by atoms with E-state index in [1.807, 2.05) is 24.3 Å². The van der Waals surface area contributed by atoms with Crippen LogP contribution in [0.2, 0.25) is 0 Å². The van der Waals surface area contributed by atoms with E-state index < -0.39 is 22.7 Å². The van der Waals surface area contributed by atoms with Crippen molar-refractivity contribution in [2.24, 2.45) is 5.73 Å². The van der Waals surface area contributed by atoms with E-state index in [4.69, 9.17) is 14.9 Å². The first-order valence-corrected chi connectivity index (χ1v) is 11.1. The molecule has 9 nitrogen and oxygen atoms in total. The zero-order valence-electron chi connectivity index (χ0n) is 18.7. The Morgan fingerprint density at radius 1 is 1.27 bits per heavy atom. The number of amides is 1. The number of nitrogens with two attached hydrogens (primary N) is 1. The molecule has 1 amide bonds. The molecule has 0 radical (unpaired) electrons. The van der Waals surface area contributed by atoms with Crippen molar-refractivity contribution >= 4 is 27.5 Å². The number of benzene rings is 1. The molecule has 1 aromatic carbocycles. The summed E-state index contributed by atoms with van der Waals surface area (Å²) in [6.07, 6.45) is 3.43. The molecule has 4 aromatic rings. The number of hydrogen-bond donors (Lipinski definition) is 1. The van der Waals surface area contributed by atoms with E-state index in [-0.39, 0.29) is 6.54 Å². The normalized spacial score (nSPS) is 11.8. The van der Waals surface area contributed by atoms with E-state index in [9.17, 15) is 14.4 Å². The maximum absolute atomic E-state index is 13.6. The van der Waals surface area contributed by atoms with Gasteiger partial charge in [0.2, 0.25) is 11.8 Å². The Bertz CT molecular complexity index is 1460. The number of para-hydroxylation sites is 1. The van der Waals surface area contributed by atoms with Gasteiger partial charge in [0.05, 0.1) is 23.6 Å². The highest BCUT2D eigenvalue weighted by atomic mass is 32.1. The number of nitrogens with zero attached hydrogens (tertiary/aromatic N) is 3. The quantitative estimate of drug-likeness (QED) is 0.445. The molecule has 0 unspecified atom stereocenters. The minimum Gasteiger partial charge on any atom is -0.496 e. The summed E-state index contributed by atoms with van der Waals surface area (Å²) in [4.78, 5) is 44.6. The third kappa shape index (κ3) is 3.66. The maximum atomic E-state index is 13.6. The lowest BCUT2D eigenvalue weighted by Crippen LogP contribution is -2.54. The number of aryl methyl sites for hydroxylation is 3. The number of carbonyl (C=O) groups is 1. The van der Waals surface area contributed by atoms with Crippen molar-refractivity contribution in [3.63, 3.8) is 0 Å². The van der Waals surface area contributed by atoms with E-state index >= 15 is 0 Å². The van der Waals surface area contributed by atoms with Crippen LogP contribution in [0.25, 0.3) is 21.0 Å². The molecule has 33 heavy (non-hydrogen) atoms. The number of primary amides is 1. The zero-order valence-corrected chi connectivity index (χ0v) is 19.6. The number of methoxy groups -OCH3 is 1. The molecule has 2 N–H and O–H groups in total. The first kappa shape index (κ1) is 22.5. The molecule has 10 heteroatoms. The minimum absolute atomic E-state index is 0.260. The third-order valence-electron chi connectivity index (χ3n) is 5.80. The van der Waals surface area contributed by atoms with Crippen LogP contribution in [-0.2, 0) is 23.3 Å². The fourth-order valence-corrected chi connectivity index (χ4v) is 5.09. The van der Waals surface area contributed by atoms with Crippen molar-refractivity contribution < 1.29 is 13.9 Å². The van der Waals surface area contributed by atoms with Crippen LogP contribution in [0.1, 0.15) is 25.0 Å². The van der Waals surface area contributed by atoms with Gasteiger partial charge >= 0.3 is 5.69 Å². The lowest BCUT2D eigenvalue weighted by atomic mass is 10.0. The predicted octanol–water partition coefficient (Wildman–Crippen LogP) is 2.66. The fourth-order valence-electron chi connectivity index (χ4n) is 3.83. The highest BCUT2D eigenvalue weighted by molar-refractivity contribution is 7.22. The van der Waals surface area contributed by atoms with Crippen LogP contribution in [0, 0.1) is 6.92 Å². The van der Waals surface area contributed by atoms with Crippen molar-refractivity contribution in [1.82, 2.24) is 14.1 Å². The summed E-state index contributed by atoms with van der Waals surface area (Å²) in [6.45, 7) is 4.96. The van der Waals surface area contributed by atoms with E-state index in [0.717, 1.165) is 10.1 Å². The first-order valence-electron chi connectivity index (χ1n) is 10.3. The molecule has 0 aliphatic heterocycles. The Morgan fingerprint density at radius 3 is 2.64 bits per heavy atom. The molecule has 0 saturated carbocycles. The molecule has 0 atom stereocenters. The van der Waals surface area contributed by atoms with Crippen LogP contribution >= 0.6 is 11.3 Å². The van der Waals surface area contributed by atoms with Gasteiger partial charge < -0.3 is 14.9 Å². The molecule has 0 aliphatic rings. The average molecular weight is 469 g/mol. The number of oxazole rings is 1. The van der Waals surface area contributed by atoms with Crippen LogP contribution in [0.5, 0.6) is 5.75 Å². The van der Waals surface area contributed by atoms with Crippen molar-refractivity contribution in [2.75, 3.05) is 7.11 Å². The molecule has 0 bridgehead atoms. The van der Waals surface area contributed by atoms with Crippen molar-refractivity contribution in [2.45, 2.75) is 39.3 Å². The molecule has 0 fully saturated rings. The first-order chi connectivity index (χ1) is 15.7. The second kappa shape index (κ2) is 8.36. The molecule has 172 valence electrons. The van der Waals surface area contributed by atoms with Gasteiger partial charge in [-0.3, -0.25) is 14.2 Å². The van der Waals surface area contributed by atoms with E-state index in [0.29, 0.717) is 38.7 Å². The molecular formula is C23H24N4O5S. The highest BCUT2D eigenvalue weighted by Gasteiger charge is 2.34. The number of aromatic nitrogens is 3. The predicted molar refractivity (Wildman–Crippen MR) is 126 cm³/mol. The molecule has 0 spiro atoms. The number of carbonyl (C=O) groups excluding carboxylic acids is 1. The van der Waals surface area contributed by atoms with Gasteiger partial charge in [-0.25, -0.2) is 14.3 Å². The van der Waals surface area contributed by atoms with E-state index in [2.05, 4.69) is 4.98 Å². The lowest BCUT2D eigenvalue weighted by molar-refractivity contribution is -0.125. The Kier molecular flexibility index (Phi) is 5.71. The summed E-state index contributed by atoms with van der Waals surface area (Å²) < 4.78 is 13.3. The van der Waals surface area contributed by atoms with Gasteiger partial charge in [-0.2, -0.15) is 0 Å². The van der Waals surface area contributed by atoms with Crippen LogP contribution in [0.3, 0.4) is 0 Å². The molecule has 0 aliphatic carbocycles. The van der Waals surface area contributed by atoms with Gasteiger partial charge in [-0.15, -0.1) is 11.3 Å². The Morgan fingerprint density at radius 2 is 2.00 bits per heavy atom. The number of ether oxygens (including phenoxy) is 1. The van der Waals surface area contributed by atoms with Gasteiger partial charge in [0.25, 0.3) is 5.56 Å². The van der Waals surface area contributed by atoms with Crippen LogP contribution in [0.4, 0.5) is 0 Å². The zero-order chi connectivity index (χ0) is 23.9. The maximum Gasteiger partial charge on any atom is 0.333 e. The van der Waals surface area contributed by atoms with Crippen LogP contribution in [0.15, 0.2) is 50.7 Å². The fraction of sp³-hybridized carbons (Fsp3) is 0.304. The number of rotatable bonds is 7. The summed E-state index contributed by atoms with van der Waals surface area (Å²) in [5, 5.41) is 0.335. The summed E-state index contributed by atoms with van der Waals surface area (Å²) >= 11 is 1.26. The summed E-state index contributed by atoms with van der Waals surface area (Å²) in [5.74, 6) is 0.283. The standard InChI is InChI=1S/C23H24N4O5S/c1-13-16-19(28)27(23(2,3)21(24)29)22(30)26(11-9-14-7-5-6-8-15(14)31-4)20(16)33-17(13)18-25-10-12-32-18/h5-8,10,12H,9,11H2,1-4H3,(H2,24,29). The van der Waals surface area contributed by atoms with Crippen molar-refractivity contribution in [3.05, 3.63) is 68.7 Å². The number of thiophene rings is 1. The smallest absolute Gasteiger partial charge is 0.333 e. The Labute approximate surface area is 193 Å². The molecule has 0 saturated heterocycles.